The van der Waals surface area contributed by atoms with E-state index in [2.05, 4.69) is 62.2 Å². The number of benzene rings is 2. The third-order valence-corrected chi connectivity index (χ3v) is 4.89. The topological polar surface area (TPSA) is 42.2 Å². The Morgan fingerprint density at radius 2 is 1.91 bits per heavy atom. The summed E-state index contributed by atoms with van der Waals surface area (Å²) in [5.74, 6) is 1.71. The summed E-state index contributed by atoms with van der Waals surface area (Å²) in [6.45, 7) is 3.87. The fourth-order valence-corrected chi connectivity index (χ4v) is 3.55. The first kappa shape index (κ1) is 14.5. The van der Waals surface area contributed by atoms with Gasteiger partial charge in [-0.1, -0.05) is 37.3 Å². The largest absolute Gasteiger partial charge is 0.419 e. The van der Waals surface area contributed by atoms with Gasteiger partial charge in [-0.15, -0.1) is 10.2 Å². The Morgan fingerprint density at radius 3 is 2.78 bits per heavy atom. The van der Waals surface area contributed by atoms with E-state index in [9.17, 15) is 0 Å². The van der Waals surface area contributed by atoms with E-state index in [4.69, 9.17) is 4.42 Å². The Morgan fingerprint density at radius 1 is 1.13 bits per heavy atom. The van der Waals surface area contributed by atoms with Crippen LogP contribution in [-0.4, -0.2) is 16.7 Å². The quantitative estimate of drug-likeness (QED) is 0.675. The Labute approximate surface area is 143 Å². The minimum Gasteiger partial charge on any atom is -0.419 e. The summed E-state index contributed by atoms with van der Waals surface area (Å²) >= 11 is 3.52. The van der Waals surface area contributed by atoms with Crippen LogP contribution in [0, 0.1) is 0 Å². The van der Waals surface area contributed by atoms with Crippen molar-refractivity contribution in [2.24, 2.45) is 0 Å². The average Bonchev–Trinajstić information content (AvgIpc) is 3.14. The number of para-hydroxylation sites is 1. The van der Waals surface area contributed by atoms with Crippen molar-refractivity contribution >= 4 is 21.6 Å². The molecule has 4 rings (SSSR count). The van der Waals surface area contributed by atoms with Gasteiger partial charge in [0.05, 0.1) is 12.1 Å². The van der Waals surface area contributed by atoms with Crippen LogP contribution >= 0.6 is 15.9 Å². The maximum absolute atomic E-state index is 5.87. The van der Waals surface area contributed by atoms with Crippen molar-refractivity contribution in [3.05, 3.63) is 64.5 Å². The highest BCUT2D eigenvalue weighted by molar-refractivity contribution is 9.10. The van der Waals surface area contributed by atoms with Gasteiger partial charge in [0.1, 0.15) is 0 Å². The predicted molar refractivity (Wildman–Crippen MR) is 93.3 cm³/mol. The molecule has 5 heteroatoms. The van der Waals surface area contributed by atoms with Gasteiger partial charge >= 0.3 is 0 Å². The zero-order valence-corrected chi connectivity index (χ0v) is 14.3. The third kappa shape index (κ3) is 2.65. The molecule has 2 heterocycles. The van der Waals surface area contributed by atoms with Crippen molar-refractivity contribution in [1.29, 1.82) is 0 Å². The van der Waals surface area contributed by atoms with E-state index in [1.165, 1.54) is 11.3 Å². The van der Waals surface area contributed by atoms with Crippen molar-refractivity contribution in [3.63, 3.8) is 0 Å². The molecule has 0 aliphatic carbocycles. The predicted octanol–water partition coefficient (Wildman–Crippen LogP) is 4.62. The molecular weight excluding hydrogens is 354 g/mol. The van der Waals surface area contributed by atoms with Crippen molar-refractivity contribution < 1.29 is 4.42 Å². The molecule has 0 radical (unpaired) electrons. The smallest absolute Gasteiger partial charge is 0.248 e. The van der Waals surface area contributed by atoms with Gasteiger partial charge in [-0.2, -0.15) is 0 Å². The molecule has 4 nitrogen and oxygen atoms in total. The molecule has 0 N–H and O–H groups in total. The molecule has 1 atom stereocenters. The van der Waals surface area contributed by atoms with Crippen molar-refractivity contribution in [3.8, 4) is 11.5 Å². The fraction of sp³-hybridized carbons (Fsp3) is 0.222. The molecule has 1 aliphatic heterocycles. The second kappa shape index (κ2) is 5.81. The van der Waals surface area contributed by atoms with E-state index in [1.54, 1.807) is 0 Å². The highest BCUT2D eigenvalue weighted by atomic mass is 79.9. The van der Waals surface area contributed by atoms with Crippen molar-refractivity contribution in [1.82, 2.24) is 10.2 Å². The van der Waals surface area contributed by atoms with Gasteiger partial charge in [0.15, 0.2) is 0 Å². The Hall–Kier alpha value is -2.14. The van der Waals surface area contributed by atoms with Gasteiger partial charge in [0.25, 0.3) is 0 Å². The lowest BCUT2D eigenvalue weighted by Gasteiger charge is -2.16. The maximum atomic E-state index is 5.87. The lowest BCUT2D eigenvalue weighted by Crippen LogP contribution is -2.20. The van der Waals surface area contributed by atoms with Crippen molar-refractivity contribution in [2.75, 3.05) is 11.4 Å². The molecule has 116 valence electrons. The standard InChI is InChI=1S/C18H16BrN3O/c1-12-10-22(16-9-5-3-6-13(12)16)11-17-20-21-18(23-17)14-7-2-4-8-15(14)19/h2-9,12H,10-11H2,1H3. The number of aromatic nitrogens is 2. The third-order valence-electron chi connectivity index (χ3n) is 4.20. The molecule has 1 unspecified atom stereocenters. The summed E-state index contributed by atoms with van der Waals surface area (Å²) in [5, 5.41) is 8.41. The zero-order chi connectivity index (χ0) is 15.8. The highest BCUT2D eigenvalue weighted by Crippen LogP contribution is 2.36. The second-order valence-electron chi connectivity index (χ2n) is 5.82. The monoisotopic (exact) mass is 369 g/mol. The zero-order valence-electron chi connectivity index (χ0n) is 12.7. The van der Waals surface area contributed by atoms with Crippen LogP contribution in [0.25, 0.3) is 11.5 Å². The number of halogens is 1. The lowest BCUT2D eigenvalue weighted by atomic mass is 10.0. The van der Waals surface area contributed by atoms with E-state index in [0.717, 1.165) is 16.6 Å². The van der Waals surface area contributed by atoms with E-state index < -0.39 is 0 Å². The van der Waals surface area contributed by atoms with E-state index in [-0.39, 0.29) is 0 Å². The van der Waals surface area contributed by atoms with Gasteiger partial charge < -0.3 is 9.32 Å². The van der Waals surface area contributed by atoms with Gasteiger partial charge in [0, 0.05) is 22.6 Å². The molecule has 2 aromatic carbocycles. The molecule has 1 aromatic heterocycles. The van der Waals surface area contributed by atoms with Gasteiger partial charge in [-0.05, 0) is 39.7 Å². The highest BCUT2D eigenvalue weighted by Gasteiger charge is 2.26. The van der Waals surface area contributed by atoms with E-state index in [1.807, 2.05) is 24.3 Å². The van der Waals surface area contributed by atoms with E-state index in [0.29, 0.717) is 24.2 Å². The molecule has 0 fully saturated rings. The summed E-state index contributed by atoms with van der Waals surface area (Å²) in [4.78, 5) is 2.30. The first-order valence-electron chi connectivity index (χ1n) is 7.63. The summed E-state index contributed by atoms with van der Waals surface area (Å²) in [6.07, 6.45) is 0. The van der Waals surface area contributed by atoms with Gasteiger partial charge in [-0.25, -0.2) is 0 Å². The summed E-state index contributed by atoms with van der Waals surface area (Å²) in [6, 6.07) is 16.4. The second-order valence-corrected chi connectivity index (χ2v) is 6.68. The lowest BCUT2D eigenvalue weighted by molar-refractivity contribution is 0.498. The Kier molecular flexibility index (Phi) is 3.65. The van der Waals surface area contributed by atoms with Crippen LogP contribution in [0.1, 0.15) is 24.3 Å². The maximum Gasteiger partial charge on any atom is 0.248 e. The molecule has 0 bridgehead atoms. The molecule has 0 amide bonds. The first-order valence-corrected chi connectivity index (χ1v) is 8.43. The van der Waals surface area contributed by atoms with Crippen LogP contribution in [0.2, 0.25) is 0 Å². The molecule has 0 saturated heterocycles. The summed E-state index contributed by atoms with van der Waals surface area (Å²) in [5.41, 5.74) is 3.57. The van der Waals surface area contributed by atoms with Crippen LogP contribution in [-0.2, 0) is 6.54 Å². The molecule has 23 heavy (non-hydrogen) atoms. The summed E-state index contributed by atoms with van der Waals surface area (Å²) in [7, 11) is 0. The number of rotatable bonds is 3. The molecule has 3 aromatic rings. The molecule has 0 saturated carbocycles. The minimum absolute atomic E-state index is 0.525. The fourth-order valence-electron chi connectivity index (χ4n) is 3.09. The number of fused-ring (bicyclic) bond motifs is 1. The van der Waals surface area contributed by atoms with E-state index >= 15 is 0 Å². The summed E-state index contributed by atoms with van der Waals surface area (Å²) < 4.78 is 6.82. The molecule has 0 spiro atoms. The number of hydrogen-bond donors (Lipinski definition) is 0. The van der Waals surface area contributed by atoms with Crippen LogP contribution in [0.5, 0.6) is 0 Å². The van der Waals surface area contributed by atoms with Crippen LogP contribution in [0.4, 0.5) is 5.69 Å². The average molecular weight is 370 g/mol. The van der Waals surface area contributed by atoms with Crippen molar-refractivity contribution in [2.45, 2.75) is 19.4 Å². The van der Waals surface area contributed by atoms with Crippen LogP contribution < -0.4 is 4.90 Å². The normalized spacial score (nSPS) is 16.6. The Bertz CT molecular complexity index is 846. The first-order chi connectivity index (χ1) is 11.2. The molecule has 1 aliphatic rings. The van der Waals surface area contributed by atoms with Gasteiger partial charge in [0.2, 0.25) is 11.8 Å². The minimum atomic E-state index is 0.525. The SMILES string of the molecule is CC1CN(Cc2nnc(-c3ccccc3Br)o2)c2ccccc21. The van der Waals surface area contributed by atoms with Crippen LogP contribution in [0.3, 0.4) is 0 Å². The van der Waals surface area contributed by atoms with Crippen LogP contribution in [0.15, 0.2) is 57.4 Å². The number of hydrogen-bond acceptors (Lipinski definition) is 4. The Balaban J connectivity index is 1.59. The number of anilines is 1. The number of nitrogens with zero attached hydrogens (tertiary/aromatic N) is 3. The van der Waals surface area contributed by atoms with Gasteiger partial charge in [-0.3, -0.25) is 0 Å². The molecular formula is C18H16BrN3O.